The molecule has 0 radical (unpaired) electrons. The van der Waals surface area contributed by atoms with Crippen molar-refractivity contribution in [3.05, 3.63) is 62.9 Å². The zero-order valence-electron chi connectivity index (χ0n) is 20.1. The smallest absolute Gasteiger partial charge is 0.279 e. The fraction of sp³-hybridized carbons (Fsp3) is 0.417. The van der Waals surface area contributed by atoms with Crippen LogP contribution in [0.25, 0.3) is 10.2 Å². The standard InChI is InChI=1S/C24H28N4O6S2/c1-26(18-6-4-3-5-7-18)36(32,33)20-11-8-17(9-12-20)23(29)25-24-27(14-15-34-2)21-16-19(28(30)31)10-13-22(21)35-24/h8-13,16,18H,3-7,14-15H2,1-2H3. The molecule has 1 aliphatic carbocycles. The van der Waals surface area contributed by atoms with Crippen LogP contribution in [0.2, 0.25) is 0 Å². The molecule has 0 aliphatic heterocycles. The number of carbonyl (C=O) groups excluding carboxylic acids is 1. The van der Waals surface area contributed by atoms with Crippen LogP contribution >= 0.6 is 11.3 Å². The fourth-order valence-electron chi connectivity index (χ4n) is 4.38. The second-order valence-corrected chi connectivity index (χ2v) is 11.7. The molecule has 12 heteroatoms. The molecule has 1 aromatic heterocycles. The van der Waals surface area contributed by atoms with E-state index in [1.54, 1.807) is 24.8 Å². The summed E-state index contributed by atoms with van der Waals surface area (Å²) in [4.78, 5) is 28.5. The number of hydrogen-bond donors (Lipinski definition) is 0. The van der Waals surface area contributed by atoms with Crippen molar-refractivity contribution in [3.63, 3.8) is 0 Å². The monoisotopic (exact) mass is 532 g/mol. The Bertz CT molecular complexity index is 1440. The van der Waals surface area contributed by atoms with Gasteiger partial charge in [0.2, 0.25) is 10.0 Å². The number of fused-ring (bicyclic) bond motifs is 1. The zero-order valence-corrected chi connectivity index (χ0v) is 21.8. The largest absolute Gasteiger partial charge is 0.383 e. The van der Waals surface area contributed by atoms with Gasteiger partial charge in [0.15, 0.2) is 4.80 Å². The lowest BCUT2D eigenvalue weighted by Crippen LogP contribution is -2.38. The minimum absolute atomic E-state index is 0.00797. The molecule has 4 rings (SSSR count). The number of ether oxygens (including phenoxy) is 1. The molecule has 2 aromatic carbocycles. The van der Waals surface area contributed by atoms with E-state index in [2.05, 4.69) is 4.99 Å². The lowest BCUT2D eigenvalue weighted by atomic mass is 9.96. The van der Waals surface area contributed by atoms with E-state index in [0.717, 1.165) is 36.8 Å². The average molecular weight is 533 g/mol. The average Bonchev–Trinajstić information content (AvgIpc) is 3.23. The Hall–Kier alpha value is -2.93. The van der Waals surface area contributed by atoms with E-state index in [4.69, 9.17) is 4.74 Å². The van der Waals surface area contributed by atoms with Crippen molar-refractivity contribution in [2.75, 3.05) is 20.8 Å². The molecule has 36 heavy (non-hydrogen) atoms. The molecule has 1 heterocycles. The van der Waals surface area contributed by atoms with Gasteiger partial charge in [-0.15, -0.1) is 0 Å². The summed E-state index contributed by atoms with van der Waals surface area (Å²) < 4.78 is 35.2. The van der Waals surface area contributed by atoms with Gasteiger partial charge >= 0.3 is 0 Å². The Balaban J connectivity index is 1.63. The molecule has 0 atom stereocenters. The van der Waals surface area contributed by atoms with Crippen molar-refractivity contribution in [2.24, 2.45) is 4.99 Å². The van der Waals surface area contributed by atoms with Crippen LogP contribution in [0.5, 0.6) is 0 Å². The number of thiazole rings is 1. The van der Waals surface area contributed by atoms with Crippen molar-refractivity contribution in [2.45, 2.75) is 49.6 Å². The third-order valence-electron chi connectivity index (χ3n) is 6.46. The summed E-state index contributed by atoms with van der Waals surface area (Å²) in [6, 6.07) is 10.3. The molecule has 1 aliphatic rings. The maximum absolute atomic E-state index is 13.1. The highest BCUT2D eigenvalue weighted by Gasteiger charge is 2.29. The second kappa shape index (κ2) is 11.0. The first-order chi connectivity index (χ1) is 17.2. The number of hydrogen-bond acceptors (Lipinski definition) is 7. The Labute approximate surface area is 213 Å². The Morgan fingerprint density at radius 1 is 1.19 bits per heavy atom. The number of nitrogens with zero attached hydrogens (tertiary/aromatic N) is 4. The van der Waals surface area contributed by atoms with Gasteiger partial charge in [-0.3, -0.25) is 14.9 Å². The number of amides is 1. The van der Waals surface area contributed by atoms with Gasteiger partial charge in [0, 0.05) is 44.4 Å². The lowest BCUT2D eigenvalue weighted by Gasteiger charge is -2.30. The SMILES string of the molecule is COCCn1c(=NC(=O)c2ccc(S(=O)(=O)N(C)C3CCCCC3)cc2)sc2ccc([N+](=O)[O-])cc21. The summed E-state index contributed by atoms with van der Waals surface area (Å²) >= 11 is 1.24. The van der Waals surface area contributed by atoms with E-state index in [1.165, 1.54) is 52.0 Å². The number of methoxy groups -OCH3 is 1. The summed E-state index contributed by atoms with van der Waals surface area (Å²) in [5.74, 6) is -0.535. The molecule has 1 amide bonds. The third kappa shape index (κ3) is 5.41. The van der Waals surface area contributed by atoms with Crippen LogP contribution in [0.3, 0.4) is 0 Å². The normalized spacial score (nSPS) is 15.6. The molecular formula is C24H28N4O6S2. The summed E-state index contributed by atoms with van der Waals surface area (Å²) in [6.45, 7) is 0.686. The minimum atomic E-state index is -3.66. The van der Waals surface area contributed by atoms with E-state index in [9.17, 15) is 23.3 Å². The molecule has 10 nitrogen and oxygen atoms in total. The van der Waals surface area contributed by atoms with Gasteiger partial charge in [-0.2, -0.15) is 9.30 Å². The van der Waals surface area contributed by atoms with Crippen molar-refractivity contribution in [3.8, 4) is 0 Å². The van der Waals surface area contributed by atoms with Crippen molar-refractivity contribution < 1.29 is 22.9 Å². The summed E-state index contributed by atoms with van der Waals surface area (Å²) in [7, 11) is -0.507. The number of carbonyl (C=O) groups is 1. The van der Waals surface area contributed by atoms with E-state index in [1.807, 2.05) is 0 Å². The first-order valence-electron chi connectivity index (χ1n) is 11.7. The van der Waals surface area contributed by atoms with Gasteiger partial charge in [0.25, 0.3) is 11.6 Å². The molecule has 1 saturated carbocycles. The second-order valence-electron chi connectivity index (χ2n) is 8.69. The van der Waals surface area contributed by atoms with Crippen LogP contribution in [0.15, 0.2) is 52.4 Å². The van der Waals surface area contributed by atoms with E-state index in [-0.39, 0.29) is 22.2 Å². The van der Waals surface area contributed by atoms with Crippen LogP contribution in [0, 0.1) is 10.1 Å². The minimum Gasteiger partial charge on any atom is -0.383 e. The lowest BCUT2D eigenvalue weighted by molar-refractivity contribution is -0.384. The summed E-state index contributed by atoms with van der Waals surface area (Å²) in [5, 5.41) is 11.2. The van der Waals surface area contributed by atoms with Gasteiger partial charge in [-0.05, 0) is 43.2 Å². The molecule has 0 bridgehead atoms. The van der Waals surface area contributed by atoms with Crippen molar-refractivity contribution >= 4 is 43.2 Å². The first-order valence-corrected chi connectivity index (χ1v) is 13.9. The Kier molecular flexibility index (Phi) is 7.98. The topological polar surface area (TPSA) is 124 Å². The fourth-order valence-corrected chi connectivity index (χ4v) is 6.83. The van der Waals surface area contributed by atoms with Crippen LogP contribution in [0.4, 0.5) is 5.69 Å². The van der Waals surface area contributed by atoms with Crippen LogP contribution in [-0.4, -0.2) is 54.9 Å². The predicted molar refractivity (Wildman–Crippen MR) is 137 cm³/mol. The van der Waals surface area contributed by atoms with Crippen LogP contribution < -0.4 is 4.80 Å². The quantitative estimate of drug-likeness (QED) is 0.320. The number of sulfonamides is 1. The number of nitro benzene ring substituents is 1. The molecule has 0 saturated heterocycles. The number of aromatic nitrogens is 1. The molecule has 1 fully saturated rings. The van der Waals surface area contributed by atoms with E-state index >= 15 is 0 Å². The van der Waals surface area contributed by atoms with Gasteiger partial charge < -0.3 is 9.30 Å². The van der Waals surface area contributed by atoms with Gasteiger partial charge in [-0.1, -0.05) is 30.6 Å². The maximum atomic E-state index is 13.1. The van der Waals surface area contributed by atoms with Gasteiger partial charge in [0.05, 0.1) is 26.6 Å². The first kappa shape index (κ1) is 26.1. The van der Waals surface area contributed by atoms with E-state index in [0.29, 0.717) is 23.5 Å². The number of benzene rings is 2. The Morgan fingerprint density at radius 2 is 1.89 bits per heavy atom. The van der Waals surface area contributed by atoms with Crippen molar-refractivity contribution in [1.82, 2.24) is 8.87 Å². The highest BCUT2D eigenvalue weighted by molar-refractivity contribution is 7.89. The molecule has 0 spiro atoms. The highest BCUT2D eigenvalue weighted by Crippen LogP contribution is 2.27. The molecule has 192 valence electrons. The number of non-ortho nitro benzene ring substituents is 1. The summed E-state index contributed by atoms with van der Waals surface area (Å²) in [6.07, 6.45) is 4.88. The highest BCUT2D eigenvalue weighted by atomic mass is 32.2. The molecule has 0 N–H and O–H groups in total. The summed E-state index contributed by atoms with van der Waals surface area (Å²) in [5.41, 5.74) is 0.778. The molecule has 0 unspecified atom stereocenters. The predicted octanol–water partition coefficient (Wildman–Crippen LogP) is 3.95. The van der Waals surface area contributed by atoms with Gasteiger partial charge in [-0.25, -0.2) is 8.42 Å². The molecule has 3 aromatic rings. The molecular weight excluding hydrogens is 504 g/mol. The Morgan fingerprint density at radius 3 is 2.53 bits per heavy atom. The third-order valence-corrected chi connectivity index (χ3v) is 9.44. The number of nitro groups is 1. The maximum Gasteiger partial charge on any atom is 0.279 e. The van der Waals surface area contributed by atoms with Gasteiger partial charge in [0.1, 0.15) is 0 Å². The van der Waals surface area contributed by atoms with E-state index < -0.39 is 20.9 Å². The van der Waals surface area contributed by atoms with Crippen LogP contribution in [-0.2, 0) is 21.3 Å². The zero-order chi connectivity index (χ0) is 25.9. The van der Waals surface area contributed by atoms with Crippen LogP contribution in [0.1, 0.15) is 42.5 Å². The number of rotatable bonds is 8. The van der Waals surface area contributed by atoms with Crippen molar-refractivity contribution in [1.29, 1.82) is 0 Å².